The summed E-state index contributed by atoms with van der Waals surface area (Å²) in [7, 11) is 0. The number of fused-ring (bicyclic) bond motifs is 1. The number of carbonyl (C=O) groups excluding carboxylic acids is 2. The van der Waals surface area contributed by atoms with Crippen molar-refractivity contribution in [1.82, 2.24) is 19.9 Å². The molecule has 0 spiro atoms. The largest absolute Gasteiger partial charge is 0.333 e. The van der Waals surface area contributed by atoms with E-state index in [0.717, 1.165) is 15.0 Å². The van der Waals surface area contributed by atoms with Crippen LogP contribution in [0.4, 0.5) is 5.13 Å². The fourth-order valence-corrected chi connectivity index (χ4v) is 4.22. The van der Waals surface area contributed by atoms with Crippen LogP contribution < -0.4 is 5.32 Å². The number of rotatable bonds is 3. The summed E-state index contributed by atoms with van der Waals surface area (Å²) in [5.74, 6) is -0.364. The van der Waals surface area contributed by atoms with E-state index in [1.165, 1.54) is 29.9 Å². The van der Waals surface area contributed by atoms with Gasteiger partial charge in [-0.05, 0) is 18.2 Å². The first-order chi connectivity index (χ1) is 13.1. The number of carbonyl (C=O) groups is 2. The molecule has 0 saturated heterocycles. The van der Waals surface area contributed by atoms with E-state index in [0.29, 0.717) is 30.2 Å². The SMILES string of the molecule is O=C(Nc1nc2c(s1)CN(C(=O)c1cccc(Br)c1)CC2)c1cnccn1. The first kappa shape index (κ1) is 17.7. The molecule has 3 heterocycles. The minimum Gasteiger partial charge on any atom is -0.333 e. The normalized spacial score (nSPS) is 13.1. The van der Waals surface area contributed by atoms with Gasteiger partial charge in [-0.3, -0.25) is 19.9 Å². The van der Waals surface area contributed by atoms with E-state index in [-0.39, 0.29) is 17.5 Å². The van der Waals surface area contributed by atoms with Crippen molar-refractivity contribution in [3.8, 4) is 0 Å². The summed E-state index contributed by atoms with van der Waals surface area (Å²) in [6, 6.07) is 7.36. The highest BCUT2D eigenvalue weighted by molar-refractivity contribution is 9.10. The first-order valence-corrected chi connectivity index (χ1v) is 9.82. The molecule has 1 aliphatic heterocycles. The van der Waals surface area contributed by atoms with Gasteiger partial charge in [-0.2, -0.15) is 0 Å². The highest BCUT2D eigenvalue weighted by Crippen LogP contribution is 2.29. The molecule has 0 unspecified atom stereocenters. The van der Waals surface area contributed by atoms with E-state index in [2.05, 4.69) is 36.2 Å². The highest BCUT2D eigenvalue weighted by atomic mass is 79.9. The van der Waals surface area contributed by atoms with E-state index >= 15 is 0 Å². The standard InChI is InChI=1S/C18H14BrN5O2S/c19-12-3-1-2-11(8-12)17(26)24-7-4-13-15(10-24)27-18(22-13)23-16(25)14-9-20-5-6-21-14/h1-3,5-6,8-9H,4,7,10H2,(H,22,23,25). The number of thiazole rings is 1. The fourth-order valence-electron chi connectivity index (χ4n) is 2.80. The van der Waals surface area contributed by atoms with Crippen molar-refractivity contribution in [1.29, 1.82) is 0 Å². The summed E-state index contributed by atoms with van der Waals surface area (Å²) in [4.78, 5) is 40.1. The van der Waals surface area contributed by atoms with Gasteiger partial charge in [0, 0.05) is 40.3 Å². The van der Waals surface area contributed by atoms with Crippen LogP contribution in [0.1, 0.15) is 31.4 Å². The molecule has 0 bridgehead atoms. The highest BCUT2D eigenvalue weighted by Gasteiger charge is 2.25. The van der Waals surface area contributed by atoms with Crippen molar-refractivity contribution in [3.63, 3.8) is 0 Å². The van der Waals surface area contributed by atoms with E-state index in [4.69, 9.17) is 0 Å². The zero-order valence-electron chi connectivity index (χ0n) is 14.1. The molecule has 1 N–H and O–H groups in total. The summed E-state index contributed by atoms with van der Waals surface area (Å²) in [6.07, 6.45) is 5.04. The molecule has 3 aromatic rings. The molecule has 136 valence electrons. The van der Waals surface area contributed by atoms with Crippen LogP contribution in [-0.2, 0) is 13.0 Å². The molecule has 0 aliphatic carbocycles. The van der Waals surface area contributed by atoms with E-state index in [9.17, 15) is 9.59 Å². The number of hydrogen-bond acceptors (Lipinski definition) is 6. The van der Waals surface area contributed by atoms with Crippen molar-refractivity contribution in [2.75, 3.05) is 11.9 Å². The molecule has 7 nitrogen and oxygen atoms in total. The lowest BCUT2D eigenvalue weighted by atomic mass is 10.1. The monoisotopic (exact) mass is 443 g/mol. The third-order valence-corrected chi connectivity index (χ3v) is 5.60. The van der Waals surface area contributed by atoms with Crippen LogP contribution >= 0.6 is 27.3 Å². The summed E-state index contributed by atoms with van der Waals surface area (Å²) in [5, 5.41) is 3.26. The Balaban J connectivity index is 1.47. The van der Waals surface area contributed by atoms with Crippen molar-refractivity contribution >= 4 is 44.2 Å². The number of anilines is 1. The van der Waals surface area contributed by atoms with Gasteiger partial charge in [0.1, 0.15) is 5.69 Å². The van der Waals surface area contributed by atoms with Crippen molar-refractivity contribution < 1.29 is 9.59 Å². The van der Waals surface area contributed by atoms with Crippen LogP contribution in [0.2, 0.25) is 0 Å². The molecular weight excluding hydrogens is 430 g/mol. The predicted octanol–water partition coefficient (Wildman–Crippen LogP) is 3.15. The lowest BCUT2D eigenvalue weighted by Crippen LogP contribution is -2.35. The Hall–Kier alpha value is -2.65. The zero-order valence-corrected chi connectivity index (χ0v) is 16.5. The molecule has 0 fully saturated rings. The molecule has 4 rings (SSSR count). The average Bonchev–Trinajstić information content (AvgIpc) is 3.09. The number of nitrogens with zero attached hydrogens (tertiary/aromatic N) is 4. The molecule has 1 aromatic carbocycles. The minimum atomic E-state index is -0.351. The molecule has 1 aliphatic rings. The van der Waals surface area contributed by atoms with Crippen LogP contribution in [0.15, 0.2) is 47.3 Å². The molecule has 9 heteroatoms. The summed E-state index contributed by atoms with van der Waals surface area (Å²) in [6.45, 7) is 1.08. The molecule has 0 atom stereocenters. The quantitative estimate of drug-likeness (QED) is 0.671. The molecule has 2 aromatic heterocycles. The second kappa shape index (κ2) is 7.53. The van der Waals surface area contributed by atoms with Gasteiger partial charge in [-0.25, -0.2) is 9.97 Å². The van der Waals surface area contributed by atoms with Crippen molar-refractivity contribution in [3.05, 3.63) is 69.2 Å². The third kappa shape index (κ3) is 3.88. The Labute approximate surface area is 167 Å². The smallest absolute Gasteiger partial charge is 0.277 e. The number of nitrogens with one attached hydrogen (secondary N) is 1. The predicted molar refractivity (Wildman–Crippen MR) is 105 cm³/mol. The zero-order chi connectivity index (χ0) is 18.8. The number of hydrogen-bond donors (Lipinski definition) is 1. The maximum absolute atomic E-state index is 12.7. The number of aromatic nitrogens is 3. The number of halogens is 1. The molecule has 0 saturated carbocycles. The average molecular weight is 444 g/mol. The molecule has 2 amide bonds. The number of amides is 2. The second-order valence-corrected chi connectivity index (χ2v) is 7.92. The van der Waals surface area contributed by atoms with Gasteiger partial charge in [0.05, 0.1) is 18.4 Å². The van der Waals surface area contributed by atoms with Gasteiger partial charge < -0.3 is 4.90 Å². The maximum atomic E-state index is 12.7. The van der Waals surface area contributed by atoms with E-state index in [1.807, 2.05) is 24.3 Å². The Kier molecular flexibility index (Phi) is 4.95. The second-order valence-electron chi connectivity index (χ2n) is 5.92. The molecule has 27 heavy (non-hydrogen) atoms. The Morgan fingerprint density at radius 1 is 1.26 bits per heavy atom. The summed E-state index contributed by atoms with van der Waals surface area (Å²) in [5.41, 5.74) is 1.80. The van der Waals surface area contributed by atoms with Crippen LogP contribution in [0, 0.1) is 0 Å². The van der Waals surface area contributed by atoms with E-state index < -0.39 is 0 Å². The van der Waals surface area contributed by atoms with Gasteiger partial charge in [0.2, 0.25) is 0 Å². The van der Waals surface area contributed by atoms with Crippen LogP contribution in [0.3, 0.4) is 0 Å². The lowest BCUT2D eigenvalue weighted by Gasteiger charge is -2.26. The lowest BCUT2D eigenvalue weighted by molar-refractivity contribution is 0.0736. The van der Waals surface area contributed by atoms with Gasteiger partial charge in [-0.15, -0.1) is 0 Å². The number of benzene rings is 1. The minimum absolute atomic E-state index is 0.0134. The van der Waals surface area contributed by atoms with E-state index in [1.54, 1.807) is 4.90 Å². The first-order valence-electron chi connectivity index (χ1n) is 8.21. The molecular formula is C18H14BrN5O2S. The maximum Gasteiger partial charge on any atom is 0.277 e. The Bertz CT molecular complexity index is 1010. The van der Waals surface area contributed by atoms with Crippen LogP contribution in [0.25, 0.3) is 0 Å². The van der Waals surface area contributed by atoms with Gasteiger partial charge in [0.15, 0.2) is 5.13 Å². The van der Waals surface area contributed by atoms with Gasteiger partial charge >= 0.3 is 0 Å². The summed E-state index contributed by atoms with van der Waals surface area (Å²) < 4.78 is 0.873. The van der Waals surface area contributed by atoms with Gasteiger partial charge in [0.25, 0.3) is 11.8 Å². The van der Waals surface area contributed by atoms with Crippen LogP contribution in [-0.4, -0.2) is 38.2 Å². The Morgan fingerprint density at radius 3 is 2.93 bits per heavy atom. The fraction of sp³-hybridized carbons (Fsp3) is 0.167. The topological polar surface area (TPSA) is 88.1 Å². The van der Waals surface area contributed by atoms with Crippen LogP contribution in [0.5, 0.6) is 0 Å². The summed E-state index contributed by atoms with van der Waals surface area (Å²) >= 11 is 4.78. The Morgan fingerprint density at radius 2 is 2.15 bits per heavy atom. The third-order valence-electron chi connectivity index (χ3n) is 4.11. The van der Waals surface area contributed by atoms with Crippen molar-refractivity contribution in [2.24, 2.45) is 0 Å². The van der Waals surface area contributed by atoms with Crippen molar-refractivity contribution in [2.45, 2.75) is 13.0 Å². The molecule has 0 radical (unpaired) electrons. The van der Waals surface area contributed by atoms with Gasteiger partial charge in [-0.1, -0.05) is 33.3 Å².